The van der Waals surface area contributed by atoms with Crippen molar-refractivity contribution in [3.05, 3.63) is 72.8 Å². The molecule has 0 aliphatic carbocycles. The topological polar surface area (TPSA) is 26.7 Å². The molecule has 4 rings (SSSR count). The van der Waals surface area contributed by atoms with Crippen LogP contribution in [-0.2, 0) is 0 Å². The van der Waals surface area contributed by atoms with Crippen molar-refractivity contribution >= 4 is 83.7 Å². The zero-order valence-electron chi connectivity index (χ0n) is 26.8. The minimum Gasteiger partial charge on any atom is -0.443 e. The van der Waals surface area contributed by atoms with E-state index in [1.54, 1.807) is 0 Å². The molecule has 0 radical (unpaired) electrons. The third-order valence-corrected chi connectivity index (χ3v) is 22.0. The summed E-state index contributed by atoms with van der Waals surface area (Å²) in [5.41, 5.74) is 4.61. The summed E-state index contributed by atoms with van der Waals surface area (Å²) in [4.78, 5) is 0. The first-order valence-electron chi connectivity index (χ1n) is 14.7. The number of hydrogen-bond donors (Lipinski definition) is 1. The lowest BCUT2D eigenvalue weighted by atomic mass is 9.53. The molecule has 0 aromatic heterocycles. The molecular weight excluding hydrogens is 552 g/mol. The number of anilines is 2. The summed E-state index contributed by atoms with van der Waals surface area (Å²) in [6.45, 7) is 28.6. The summed E-state index contributed by atoms with van der Waals surface area (Å²) in [5.74, 6) is 0. The molecule has 0 spiro atoms. The third kappa shape index (κ3) is 5.92. The molecular formula is C32H49BN2OSi4. The van der Waals surface area contributed by atoms with Gasteiger partial charge in [0.1, 0.15) is 32.9 Å². The monoisotopic (exact) mass is 600 g/mol. The summed E-state index contributed by atoms with van der Waals surface area (Å²) < 4.78 is 5.56. The molecule has 0 fully saturated rings. The van der Waals surface area contributed by atoms with Gasteiger partial charge in [-0.2, -0.15) is 0 Å². The maximum Gasteiger partial charge on any atom is 0.360 e. The van der Waals surface area contributed by atoms with Crippen LogP contribution >= 0.6 is 0 Å². The molecule has 4 aromatic rings. The van der Waals surface area contributed by atoms with E-state index in [1.165, 1.54) is 22.1 Å². The van der Waals surface area contributed by atoms with Gasteiger partial charge < -0.3 is 13.5 Å². The predicted octanol–water partition coefficient (Wildman–Crippen LogP) is 8.04. The van der Waals surface area contributed by atoms with Crippen molar-refractivity contribution in [2.75, 3.05) is 8.46 Å². The molecule has 0 bridgehead atoms. The van der Waals surface area contributed by atoms with E-state index in [2.05, 4.69) is 160 Å². The third-order valence-electron chi connectivity index (χ3n) is 7.62. The quantitative estimate of drug-likeness (QED) is 0.207. The van der Waals surface area contributed by atoms with E-state index in [0.717, 1.165) is 21.7 Å². The van der Waals surface area contributed by atoms with Crippen molar-refractivity contribution in [2.24, 2.45) is 0 Å². The van der Waals surface area contributed by atoms with Crippen LogP contribution < -0.4 is 19.4 Å². The van der Waals surface area contributed by atoms with E-state index < -0.39 is 39.9 Å². The van der Waals surface area contributed by atoms with E-state index >= 15 is 0 Å². The van der Waals surface area contributed by atoms with E-state index in [-0.39, 0.29) is 0 Å². The fourth-order valence-corrected chi connectivity index (χ4v) is 26.9. The SMILES string of the molecule is C[Si](C)(C)N(c1ccc(B(O)c2ccc(N([Si](C)(C)C)[Si](C)(C)C)c3ccccc23)c2ccccc12)[Si](C)(C)C. The van der Waals surface area contributed by atoms with Crippen LogP contribution in [0.3, 0.4) is 0 Å². The van der Waals surface area contributed by atoms with Crippen LogP contribution in [0, 0.1) is 0 Å². The molecule has 0 atom stereocenters. The van der Waals surface area contributed by atoms with Crippen molar-refractivity contribution in [3.8, 4) is 0 Å². The van der Waals surface area contributed by atoms with Gasteiger partial charge in [0, 0.05) is 22.1 Å². The highest BCUT2D eigenvalue weighted by atomic mass is 28.4. The minimum atomic E-state index is -1.64. The average Bonchev–Trinajstić information content (AvgIpc) is 2.80. The van der Waals surface area contributed by atoms with Crippen molar-refractivity contribution in [1.29, 1.82) is 0 Å². The standard InChI is InChI=1S/C32H49BN2OSi4/c1-37(2,3)34(38(4,5)6)31-23-21-29(25-17-13-15-19-27(25)31)33(36)30-22-24-32(28-20-16-14-18-26(28)30)35(39(7,8)9)40(10,11)12/h13-24,36H,1-12H3. The van der Waals surface area contributed by atoms with Crippen LogP contribution in [0.2, 0.25) is 78.6 Å². The van der Waals surface area contributed by atoms with E-state index in [1.807, 2.05) is 0 Å². The molecule has 0 saturated carbocycles. The summed E-state index contributed by atoms with van der Waals surface area (Å²) in [7, 11) is -6.55. The number of hydrogen-bond acceptors (Lipinski definition) is 3. The van der Waals surface area contributed by atoms with Gasteiger partial charge in [-0.15, -0.1) is 0 Å². The second kappa shape index (κ2) is 10.6. The first kappa shape index (κ1) is 30.8. The van der Waals surface area contributed by atoms with E-state index in [0.29, 0.717) is 0 Å². The highest BCUT2D eigenvalue weighted by Crippen LogP contribution is 2.36. The van der Waals surface area contributed by atoms with E-state index in [4.69, 9.17) is 0 Å². The zero-order chi connectivity index (χ0) is 29.8. The van der Waals surface area contributed by atoms with E-state index in [9.17, 15) is 5.02 Å². The molecule has 0 unspecified atom stereocenters. The normalized spacial score (nSPS) is 13.1. The lowest BCUT2D eigenvalue weighted by molar-refractivity contribution is 0.601. The van der Waals surface area contributed by atoms with Gasteiger partial charge >= 0.3 is 6.92 Å². The van der Waals surface area contributed by atoms with Crippen molar-refractivity contribution in [2.45, 2.75) is 78.6 Å². The number of benzene rings is 4. The molecule has 0 saturated heterocycles. The fourth-order valence-electron chi connectivity index (χ4n) is 7.11. The number of rotatable bonds is 8. The lowest BCUT2D eigenvalue weighted by Crippen LogP contribution is -2.59. The van der Waals surface area contributed by atoms with Gasteiger partial charge in [-0.1, -0.05) is 139 Å². The van der Waals surface area contributed by atoms with Crippen LogP contribution in [0.4, 0.5) is 11.4 Å². The molecule has 212 valence electrons. The van der Waals surface area contributed by atoms with Gasteiger partial charge in [0.15, 0.2) is 0 Å². The molecule has 1 N–H and O–H groups in total. The second-order valence-electron chi connectivity index (χ2n) is 15.2. The Morgan fingerprint density at radius 1 is 0.425 bits per heavy atom. The minimum absolute atomic E-state index is 0.711. The molecule has 40 heavy (non-hydrogen) atoms. The molecule has 0 aliphatic rings. The van der Waals surface area contributed by atoms with Crippen molar-refractivity contribution in [1.82, 2.24) is 0 Å². The Morgan fingerprint density at radius 2 is 0.700 bits per heavy atom. The lowest BCUT2D eigenvalue weighted by Gasteiger charge is -2.46. The average molecular weight is 601 g/mol. The number of fused-ring (bicyclic) bond motifs is 2. The van der Waals surface area contributed by atoms with Gasteiger partial charge in [0.05, 0.1) is 0 Å². The largest absolute Gasteiger partial charge is 0.443 e. The Balaban J connectivity index is 1.93. The maximum absolute atomic E-state index is 12.1. The van der Waals surface area contributed by atoms with Crippen LogP contribution in [0.5, 0.6) is 0 Å². The Hall–Kier alpha value is -2.11. The van der Waals surface area contributed by atoms with Gasteiger partial charge in [-0.3, -0.25) is 0 Å². The van der Waals surface area contributed by atoms with Crippen molar-refractivity contribution < 1.29 is 5.02 Å². The van der Waals surface area contributed by atoms with Gasteiger partial charge in [-0.05, 0) is 33.8 Å². The molecule has 0 amide bonds. The van der Waals surface area contributed by atoms with Crippen LogP contribution in [0.1, 0.15) is 0 Å². The summed E-state index contributed by atoms with van der Waals surface area (Å²) in [6, 6.07) is 26.3. The Labute approximate surface area is 247 Å². The van der Waals surface area contributed by atoms with Crippen LogP contribution in [-0.4, -0.2) is 44.9 Å². The molecule has 3 nitrogen and oxygen atoms in total. The maximum atomic E-state index is 12.1. The zero-order valence-corrected chi connectivity index (χ0v) is 30.8. The Bertz CT molecular complexity index is 1390. The van der Waals surface area contributed by atoms with Crippen LogP contribution in [0.15, 0.2) is 72.8 Å². The fraction of sp³-hybridized carbons (Fsp3) is 0.375. The van der Waals surface area contributed by atoms with Crippen LogP contribution in [0.25, 0.3) is 21.5 Å². The predicted molar refractivity (Wildman–Crippen MR) is 193 cm³/mol. The Morgan fingerprint density at radius 3 is 0.975 bits per heavy atom. The smallest absolute Gasteiger partial charge is 0.360 e. The molecule has 0 aliphatic heterocycles. The molecule has 4 aromatic carbocycles. The summed E-state index contributed by atoms with van der Waals surface area (Å²) in [5, 5.41) is 16.9. The van der Waals surface area contributed by atoms with Gasteiger partial charge in [0.25, 0.3) is 0 Å². The highest BCUT2D eigenvalue weighted by Gasteiger charge is 2.37. The first-order chi connectivity index (χ1) is 18.3. The Kier molecular flexibility index (Phi) is 8.19. The highest BCUT2D eigenvalue weighted by molar-refractivity contribution is 7.00. The van der Waals surface area contributed by atoms with Gasteiger partial charge in [0.2, 0.25) is 0 Å². The second-order valence-corrected chi connectivity index (χ2v) is 35.2. The molecule has 0 heterocycles. The van der Waals surface area contributed by atoms with Crippen molar-refractivity contribution in [3.63, 3.8) is 0 Å². The summed E-state index contributed by atoms with van der Waals surface area (Å²) >= 11 is 0. The van der Waals surface area contributed by atoms with Gasteiger partial charge in [-0.25, -0.2) is 0 Å². The number of nitrogens with zero attached hydrogens (tertiary/aromatic N) is 2. The molecule has 8 heteroatoms. The summed E-state index contributed by atoms with van der Waals surface area (Å²) in [6.07, 6.45) is 0. The first-order valence-corrected chi connectivity index (χ1v) is 28.4.